The zero-order valence-electron chi connectivity index (χ0n) is 14.3. The van der Waals surface area contributed by atoms with E-state index in [0.29, 0.717) is 27.4 Å². The summed E-state index contributed by atoms with van der Waals surface area (Å²) in [6.07, 6.45) is 1.91. The molecule has 0 saturated carbocycles. The number of para-hydroxylation sites is 1. The Morgan fingerprint density at radius 2 is 1.85 bits per heavy atom. The molecule has 0 amide bonds. The molecule has 0 unspecified atom stereocenters. The molecule has 0 bridgehead atoms. The Hall–Kier alpha value is -2.75. The SMILES string of the molecule is COc1ccc(C(=O)c2c(SC)sc(Nc3ccccc3)c2C#N)cc1. The van der Waals surface area contributed by atoms with E-state index < -0.39 is 0 Å². The van der Waals surface area contributed by atoms with Crippen LogP contribution in [0.2, 0.25) is 0 Å². The number of anilines is 2. The number of ketones is 1. The molecule has 2 aromatic carbocycles. The summed E-state index contributed by atoms with van der Waals surface area (Å²) in [5.41, 5.74) is 2.24. The lowest BCUT2D eigenvalue weighted by molar-refractivity contribution is 0.103. The fourth-order valence-corrected chi connectivity index (χ4v) is 4.38. The molecule has 3 aromatic rings. The van der Waals surface area contributed by atoms with Gasteiger partial charge in [-0.05, 0) is 42.7 Å². The third kappa shape index (κ3) is 3.59. The minimum absolute atomic E-state index is 0.161. The third-order valence-electron chi connectivity index (χ3n) is 3.78. The number of carbonyl (C=O) groups excluding carboxylic acids is 1. The minimum atomic E-state index is -0.161. The van der Waals surface area contributed by atoms with E-state index in [0.717, 1.165) is 9.90 Å². The van der Waals surface area contributed by atoms with Gasteiger partial charge in [-0.25, -0.2) is 0 Å². The molecule has 1 N–H and O–H groups in total. The van der Waals surface area contributed by atoms with Gasteiger partial charge in [0.05, 0.1) is 22.4 Å². The van der Waals surface area contributed by atoms with Gasteiger partial charge in [0, 0.05) is 11.3 Å². The molecular formula is C20H16N2O2S2. The van der Waals surface area contributed by atoms with Crippen LogP contribution in [0.15, 0.2) is 58.8 Å². The van der Waals surface area contributed by atoms with Gasteiger partial charge in [-0.15, -0.1) is 23.1 Å². The highest BCUT2D eigenvalue weighted by molar-refractivity contribution is 8.00. The fourth-order valence-electron chi connectivity index (χ4n) is 2.49. The van der Waals surface area contributed by atoms with E-state index in [4.69, 9.17) is 4.74 Å². The quantitative estimate of drug-likeness (QED) is 0.463. The largest absolute Gasteiger partial charge is 0.497 e. The first-order valence-corrected chi connectivity index (χ1v) is 9.83. The molecule has 4 nitrogen and oxygen atoms in total. The first kappa shape index (κ1) is 18.1. The van der Waals surface area contributed by atoms with Gasteiger partial charge in [0.25, 0.3) is 0 Å². The maximum atomic E-state index is 13.0. The van der Waals surface area contributed by atoms with Crippen molar-refractivity contribution in [1.82, 2.24) is 0 Å². The molecule has 0 atom stereocenters. The molecule has 1 aromatic heterocycles. The number of nitrogens with zero attached hydrogens (tertiary/aromatic N) is 1. The van der Waals surface area contributed by atoms with Crippen molar-refractivity contribution in [3.63, 3.8) is 0 Å². The average Bonchev–Trinajstić information content (AvgIpc) is 3.05. The molecule has 0 aliphatic carbocycles. The highest BCUT2D eigenvalue weighted by atomic mass is 32.2. The van der Waals surface area contributed by atoms with Crippen molar-refractivity contribution < 1.29 is 9.53 Å². The van der Waals surface area contributed by atoms with Crippen molar-refractivity contribution in [2.45, 2.75) is 4.21 Å². The molecule has 6 heteroatoms. The summed E-state index contributed by atoms with van der Waals surface area (Å²) in [4.78, 5) is 13.0. The van der Waals surface area contributed by atoms with Gasteiger partial charge in [-0.3, -0.25) is 4.79 Å². The topological polar surface area (TPSA) is 62.1 Å². The predicted octanol–water partition coefficient (Wildman–Crippen LogP) is 5.32. The van der Waals surface area contributed by atoms with Crippen molar-refractivity contribution in [2.24, 2.45) is 0 Å². The average molecular weight is 380 g/mol. The Morgan fingerprint density at radius 3 is 2.42 bits per heavy atom. The summed E-state index contributed by atoms with van der Waals surface area (Å²) < 4.78 is 5.96. The van der Waals surface area contributed by atoms with Crippen molar-refractivity contribution in [1.29, 1.82) is 5.26 Å². The summed E-state index contributed by atoms with van der Waals surface area (Å²) in [6, 6.07) is 18.7. The van der Waals surface area contributed by atoms with Gasteiger partial charge in [0.15, 0.2) is 5.78 Å². The molecule has 3 rings (SSSR count). The number of ether oxygens (including phenoxy) is 1. The third-order valence-corrected chi connectivity index (χ3v) is 6.01. The number of thioether (sulfide) groups is 1. The van der Waals surface area contributed by atoms with Crippen LogP contribution in [0.4, 0.5) is 10.7 Å². The number of hydrogen-bond donors (Lipinski definition) is 1. The Bertz CT molecular complexity index is 958. The maximum Gasteiger partial charge on any atom is 0.196 e. The highest BCUT2D eigenvalue weighted by Crippen LogP contribution is 2.41. The number of benzene rings is 2. The Balaban J connectivity index is 2.02. The van der Waals surface area contributed by atoms with Gasteiger partial charge >= 0.3 is 0 Å². The van der Waals surface area contributed by atoms with Crippen LogP contribution in [0.1, 0.15) is 21.5 Å². The monoisotopic (exact) mass is 380 g/mol. The normalized spacial score (nSPS) is 10.2. The lowest BCUT2D eigenvalue weighted by Gasteiger charge is -2.05. The van der Waals surface area contributed by atoms with Crippen LogP contribution < -0.4 is 10.1 Å². The van der Waals surface area contributed by atoms with E-state index in [1.54, 1.807) is 31.4 Å². The molecule has 0 fully saturated rings. The van der Waals surface area contributed by atoms with Crippen molar-refractivity contribution >= 4 is 39.6 Å². The van der Waals surface area contributed by atoms with Crippen LogP contribution >= 0.6 is 23.1 Å². The number of nitriles is 1. The van der Waals surface area contributed by atoms with Crippen LogP contribution in [0.3, 0.4) is 0 Å². The van der Waals surface area contributed by atoms with Crippen molar-refractivity contribution in [2.75, 3.05) is 18.7 Å². The molecule has 0 radical (unpaired) electrons. The van der Waals surface area contributed by atoms with E-state index in [1.807, 2.05) is 36.6 Å². The Morgan fingerprint density at radius 1 is 1.15 bits per heavy atom. The van der Waals surface area contributed by atoms with Crippen LogP contribution in [0.5, 0.6) is 5.75 Å². The Kier molecular flexibility index (Phi) is 5.61. The zero-order chi connectivity index (χ0) is 18.5. The van der Waals surface area contributed by atoms with E-state index in [1.165, 1.54) is 23.1 Å². The summed E-state index contributed by atoms with van der Waals surface area (Å²) in [7, 11) is 1.58. The van der Waals surface area contributed by atoms with Crippen LogP contribution in [-0.4, -0.2) is 19.1 Å². The fraction of sp³-hybridized carbons (Fsp3) is 0.100. The molecule has 0 spiro atoms. The number of methoxy groups -OCH3 is 1. The van der Waals surface area contributed by atoms with Gasteiger partial charge in [-0.2, -0.15) is 5.26 Å². The van der Waals surface area contributed by atoms with Crippen LogP contribution in [0.25, 0.3) is 0 Å². The van der Waals surface area contributed by atoms with Crippen LogP contribution in [0, 0.1) is 11.3 Å². The summed E-state index contributed by atoms with van der Waals surface area (Å²) in [5.74, 6) is 0.523. The van der Waals surface area contributed by atoms with Gasteiger partial charge in [0.2, 0.25) is 0 Å². The van der Waals surface area contributed by atoms with Gasteiger partial charge < -0.3 is 10.1 Å². The number of thiophene rings is 1. The zero-order valence-corrected chi connectivity index (χ0v) is 15.9. The molecule has 26 heavy (non-hydrogen) atoms. The van der Waals surface area contributed by atoms with Gasteiger partial charge in [-0.1, -0.05) is 18.2 Å². The van der Waals surface area contributed by atoms with Gasteiger partial charge in [0.1, 0.15) is 16.8 Å². The molecule has 0 aliphatic heterocycles. The standard InChI is InChI=1S/C20H16N2O2S2/c1-24-15-10-8-13(9-11-15)18(23)17-16(12-21)19(26-20(17)25-2)22-14-6-4-3-5-7-14/h3-11,22H,1-2H3. The number of carbonyl (C=O) groups is 1. The number of nitrogens with one attached hydrogen (secondary N) is 1. The van der Waals surface area contributed by atoms with E-state index >= 15 is 0 Å². The second-order valence-electron chi connectivity index (χ2n) is 5.33. The predicted molar refractivity (Wildman–Crippen MR) is 107 cm³/mol. The molecule has 0 saturated heterocycles. The lowest BCUT2D eigenvalue weighted by Crippen LogP contribution is -2.04. The summed E-state index contributed by atoms with van der Waals surface area (Å²) in [6.45, 7) is 0. The lowest BCUT2D eigenvalue weighted by atomic mass is 10.0. The number of hydrogen-bond acceptors (Lipinski definition) is 6. The van der Waals surface area contributed by atoms with Crippen molar-refractivity contribution in [3.8, 4) is 11.8 Å². The first-order valence-electron chi connectivity index (χ1n) is 7.79. The smallest absolute Gasteiger partial charge is 0.196 e. The first-order chi connectivity index (χ1) is 12.7. The maximum absolute atomic E-state index is 13.0. The summed E-state index contributed by atoms with van der Waals surface area (Å²) >= 11 is 2.89. The minimum Gasteiger partial charge on any atom is -0.497 e. The molecule has 0 aliphatic rings. The van der Waals surface area contributed by atoms with E-state index in [2.05, 4.69) is 11.4 Å². The Labute approximate surface area is 160 Å². The van der Waals surface area contributed by atoms with Crippen molar-refractivity contribution in [3.05, 3.63) is 71.3 Å². The molecule has 130 valence electrons. The van der Waals surface area contributed by atoms with Crippen LogP contribution in [-0.2, 0) is 0 Å². The molecular weight excluding hydrogens is 364 g/mol. The van der Waals surface area contributed by atoms with E-state index in [9.17, 15) is 10.1 Å². The number of rotatable bonds is 6. The van der Waals surface area contributed by atoms with E-state index in [-0.39, 0.29) is 5.78 Å². The second-order valence-corrected chi connectivity index (χ2v) is 7.43. The molecule has 1 heterocycles. The summed E-state index contributed by atoms with van der Waals surface area (Å²) in [5, 5.41) is 13.6. The second kappa shape index (κ2) is 8.09. The highest BCUT2D eigenvalue weighted by Gasteiger charge is 2.24.